The fraction of sp³-hybridized carbons (Fsp3) is 0.250. The third kappa shape index (κ3) is 4.27. The zero-order valence-electron chi connectivity index (χ0n) is 12.7. The predicted octanol–water partition coefficient (Wildman–Crippen LogP) is 3.70. The minimum atomic E-state index is -0.283. The van der Waals surface area contributed by atoms with E-state index in [0.29, 0.717) is 17.9 Å². The fourth-order valence-electron chi connectivity index (χ4n) is 2.03. The van der Waals surface area contributed by atoms with Gasteiger partial charge in [-0.1, -0.05) is 35.9 Å². The lowest BCUT2D eigenvalue weighted by atomic mass is 10.2. The number of hydrogen-bond acceptors (Lipinski definition) is 3. The second-order valence-electron chi connectivity index (χ2n) is 4.68. The number of hydrogen-bond donors (Lipinski definition) is 1. The fourth-order valence-corrected chi connectivity index (χ4v) is 2.62. The predicted molar refractivity (Wildman–Crippen MR) is 91.2 cm³/mol. The van der Waals surface area contributed by atoms with Gasteiger partial charge in [-0.05, 0) is 19.1 Å². The summed E-state index contributed by atoms with van der Waals surface area (Å²) < 4.78 is 7.32. The van der Waals surface area contributed by atoms with E-state index in [4.69, 9.17) is 27.9 Å². The van der Waals surface area contributed by atoms with Crippen LogP contribution in [-0.2, 0) is 13.1 Å². The molecule has 0 spiro atoms. The van der Waals surface area contributed by atoms with E-state index in [0.717, 1.165) is 12.4 Å². The molecule has 1 amide bonds. The maximum absolute atomic E-state index is 12.2. The summed E-state index contributed by atoms with van der Waals surface area (Å²) in [6, 6.07) is 3.04. The van der Waals surface area contributed by atoms with Crippen molar-refractivity contribution in [2.45, 2.75) is 20.0 Å². The van der Waals surface area contributed by atoms with Crippen LogP contribution in [0.15, 0.2) is 37.2 Å². The van der Waals surface area contributed by atoms with E-state index in [1.807, 2.05) is 17.7 Å². The van der Waals surface area contributed by atoms with Gasteiger partial charge in [0.25, 0.3) is 5.91 Å². The Balaban J connectivity index is 2.09. The van der Waals surface area contributed by atoms with Crippen molar-refractivity contribution in [3.05, 3.63) is 58.6 Å². The van der Waals surface area contributed by atoms with Crippen molar-refractivity contribution in [2.24, 2.45) is 0 Å². The number of ether oxygens (including phenoxy) is 1. The maximum Gasteiger partial charge on any atom is 0.251 e. The zero-order valence-corrected chi connectivity index (χ0v) is 14.2. The first kappa shape index (κ1) is 17.4. The summed E-state index contributed by atoms with van der Waals surface area (Å²) in [5, 5.41) is 3.35. The summed E-state index contributed by atoms with van der Waals surface area (Å²) in [7, 11) is 0. The number of aryl methyl sites for hydroxylation is 1. The van der Waals surface area contributed by atoms with Crippen LogP contribution in [0.2, 0.25) is 10.0 Å². The zero-order chi connectivity index (χ0) is 16.8. The van der Waals surface area contributed by atoms with Gasteiger partial charge in [0, 0.05) is 24.5 Å². The third-order valence-corrected chi connectivity index (χ3v) is 3.72. The molecule has 0 aliphatic heterocycles. The third-order valence-electron chi connectivity index (χ3n) is 3.16. The van der Waals surface area contributed by atoms with Crippen molar-refractivity contribution < 1.29 is 9.53 Å². The Morgan fingerprint density at radius 3 is 2.74 bits per heavy atom. The van der Waals surface area contributed by atoms with Gasteiger partial charge in [-0.15, -0.1) is 0 Å². The van der Waals surface area contributed by atoms with Crippen molar-refractivity contribution in [1.82, 2.24) is 14.9 Å². The van der Waals surface area contributed by atoms with Crippen molar-refractivity contribution in [2.75, 3.05) is 6.61 Å². The second kappa shape index (κ2) is 8.04. The molecule has 7 heteroatoms. The largest absolute Gasteiger partial charge is 0.486 e. The lowest BCUT2D eigenvalue weighted by molar-refractivity contribution is 0.0949. The molecule has 1 heterocycles. The van der Waals surface area contributed by atoms with Crippen LogP contribution in [0.5, 0.6) is 5.75 Å². The van der Waals surface area contributed by atoms with E-state index in [2.05, 4.69) is 16.9 Å². The number of nitrogens with zero attached hydrogens (tertiary/aromatic N) is 2. The van der Waals surface area contributed by atoms with Gasteiger partial charge in [0.2, 0.25) is 0 Å². The highest BCUT2D eigenvalue weighted by Gasteiger charge is 2.14. The first-order valence-corrected chi connectivity index (χ1v) is 7.83. The van der Waals surface area contributed by atoms with Crippen LogP contribution in [0.3, 0.4) is 0 Å². The molecule has 0 atom stereocenters. The molecule has 1 aromatic carbocycles. The smallest absolute Gasteiger partial charge is 0.251 e. The molecule has 0 fully saturated rings. The highest BCUT2D eigenvalue weighted by molar-refractivity contribution is 6.37. The quantitative estimate of drug-likeness (QED) is 0.772. The first-order chi connectivity index (χ1) is 11.1. The number of carbonyl (C=O) groups is 1. The maximum atomic E-state index is 12.2. The summed E-state index contributed by atoms with van der Waals surface area (Å²) >= 11 is 12.2. The van der Waals surface area contributed by atoms with Crippen LogP contribution < -0.4 is 10.1 Å². The summed E-state index contributed by atoms with van der Waals surface area (Å²) in [5.74, 6) is 0.838. The number of amides is 1. The molecule has 122 valence electrons. The number of halogens is 2. The van der Waals surface area contributed by atoms with E-state index < -0.39 is 0 Å². The van der Waals surface area contributed by atoms with E-state index >= 15 is 0 Å². The molecule has 0 aliphatic rings. The Labute approximate surface area is 144 Å². The Morgan fingerprint density at radius 1 is 1.43 bits per heavy atom. The van der Waals surface area contributed by atoms with Crippen molar-refractivity contribution in [1.29, 1.82) is 0 Å². The van der Waals surface area contributed by atoms with Gasteiger partial charge >= 0.3 is 0 Å². The summed E-state index contributed by atoms with van der Waals surface area (Å²) in [6.45, 7) is 6.96. The average Bonchev–Trinajstić information content (AvgIpc) is 2.99. The van der Waals surface area contributed by atoms with Gasteiger partial charge < -0.3 is 14.6 Å². The lowest BCUT2D eigenvalue weighted by Crippen LogP contribution is -2.24. The number of carbonyl (C=O) groups excluding carboxylic acids is 1. The highest BCUT2D eigenvalue weighted by atomic mass is 35.5. The lowest BCUT2D eigenvalue weighted by Gasteiger charge is -2.11. The standard InChI is InChI=1S/C16H17Cl2N3O2/c1-3-7-23-15-12(17)8-11(9-13(15)18)16(22)20-10-14-19-5-6-21(14)4-2/h3,5-6,8-9H,1,4,7,10H2,2H3,(H,20,22). The van der Waals surface area contributed by atoms with Gasteiger partial charge in [0.1, 0.15) is 12.4 Å². The Bertz CT molecular complexity index is 690. The van der Waals surface area contributed by atoms with Crippen molar-refractivity contribution in [3.63, 3.8) is 0 Å². The highest BCUT2D eigenvalue weighted by Crippen LogP contribution is 2.34. The molecule has 0 saturated carbocycles. The number of imidazole rings is 1. The van der Waals surface area contributed by atoms with E-state index in [9.17, 15) is 4.79 Å². The van der Waals surface area contributed by atoms with Crippen molar-refractivity contribution >= 4 is 29.1 Å². The van der Waals surface area contributed by atoms with Crippen molar-refractivity contribution in [3.8, 4) is 5.75 Å². The molecule has 5 nitrogen and oxygen atoms in total. The Morgan fingerprint density at radius 2 is 2.13 bits per heavy atom. The number of rotatable bonds is 7. The molecule has 0 aliphatic carbocycles. The van der Waals surface area contributed by atoms with Gasteiger partial charge in [-0.25, -0.2) is 4.98 Å². The van der Waals surface area contributed by atoms with Crippen LogP contribution in [0.4, 0.5) is 0 Å². The topological polar surface area (TPSA) is 56.1 Å². The number of aromatic nitrogens is 2. The molecule has 2 rings (SSSR count). The molecule has 0 saturated heterocycles. The molecule has 1 N–H and O–H groups in total. The van der Waals surface area contributed by atoms with Crippen LogP contribution in [0.25, 0.3) is 0 Å². The Kier molecular flexibility index (Phi) is 6.07. The van der Waals surface area contributed by atoms with E-state index in [1.165, 1.54) is 12.1 Å². The minimum Gasteiger partial charge on any atom is -0.486 e. The first-order valence-electron chi connectivity index (χ1n) is 7.07. The molecule has 2 aromatic rings. The SMILES string of the molecule is C=CCOc1c(Cl)cc(C(=O)NCc2nccn2CC)cc1Cl. The summed E-state index contributed by atoms with van der Waals surface area (Å²) in [6.07, 6.45) is 5.15. The normalized spacial score (nSPS) is 10.4. The summed E-state index contributed by atoms with van der Waals surface area (Å²) in [5.41, 5.74) is 0.362. The van der Waals surface area contributed by atoms with E-state index in [1.54, 1.807) is 12.3 Å². The molecule has 0 radical (unpaired) electrons. The Hall–Kier alpha value is -1.98. The monoisotopic (exact) mass is 353 g/mol. The molecule has 0 bridgehead atoms. The molecular formula is C16H17Cl2N3O2. The van der Waals surface area contributed by atoms with Crippen LogP contribution in [-0.4, -0.2) is 22.1 Å². The number of nitrogens with one attached hydrogen (secondary N) is 1. The van der Waals surface area contributed by atoms with E-state index in [-0.39, 0.29) is 22.6 Å². The van der Waals surface area contributed by atoms with Crippen LogP contribution in [0, 0.1) is 0 Å². The molecule has 23 heavy (non-hydrogen) atoms. The molecular weight excluding hydrogens is 337 g/mol. The van der Waals surface area contributed by atoms with Gasteiger partial charge in [-0.2, -0.15) is 0 Å². The average molecular weight is 354 g/mol. The molecule has 0 unspecified atom stereocenters. The van der Waals surface area contributed by atoms with Crippen LogP contribution in [0.1, 0.15) is 23.1 Å². The molecule has 1 aromatic heterocycles. The number of benzene rings is 1. The van der Waals surface area contributed by atoms with Crippen LogP contribution >= 0.6 is 23.2 Å². The minimum absolute atomic E-state index is 0.277. The summed E-state index contributed by atoms with van der Waals surface area (Å²) in [4.78, 5) is 16.4. The van der Waals surface area contributed by atoms with Gasteiger partial charge in [0.15, 0.2) is 5.75 Å². The van der Waals surface area contributed by atoms with Gasteiger partial charge in [0.05, 0.1) is 16.6 Å². The second-order valence-corrected chi connectivity index (χ2v) is 5.50. The van der Waals surface area contributed by atoms with Gasteiger partial charge in [-0.3, -0.25) is 4.79 Å².